The number of nitroso groups, excluding NO2 is 1. The van der Waals surface area contributed by atoms with Gasteiger partial charge in [-0.3, -0.25) is 0 Å². The van der Waals surface area contributed by atoms with Crippen LogP contribution in [0.2, 0.25) is 0 Å². The molecule has 1 aliphatic rings. The molecule has 0 spiro atoms. The Morgan fingerprint density at radius 2 is 1.56 bits per heavy atom. The van der Waals surface area contributed by atoms with Gasteiger partial charge in [0.25, 0.3) is 11.4 Å². The molecular formula is C20H22N2O5. The molecule has 1 aliphatic heterocycles. The molecule has 142 valence electrons. The zero-order chi connectivity index (χ0) is 19.8. The molecule has 7 heteroatoms. The minimum Gasteiger partial charge on any atom is -0.753 e. The van der Waals surface area contributed by atoms with Gasteiger partial charge in [-0.2, -0.15) is 0 Å². The van der Waals surface area contributed by atoms with Gasteiger partial charge in [0.2, 0.25) is 5.75 Å². The summed E-state index contributed by atoms with van der Waals surface area (Å²) < 4.78 is 16.8. The first kappa shape index (κ1) is 18.7. The third-order valence-electron chi connectivity index (χ3n) is 4.59. The number of hydroxylamine groups is 1. The summed E-state index contributed by atoms with van der Waals surface area (Å²) in [6.07, 6.45) is 3.73. The summed E-state index contributed by atoms with van der Waals surface area (Å²) in [5.41, 5.74) is 1.23. The fraction of sp³-hybridized carbons (Fsp3) is 0.300. The summed E-state index contributed by atoms with van der Waals surface area (Å²) in [5, 5.41) is 13.1. The predicted octanol–water partition coefficient (Wildman–Crippen LogP) is 4.35. The summed E-state index contributed by atoms with van der Waals surface area (Å²) in [6, 6.07) is 8.82. The van der Waals surface area contributed by atoms with E-state index in [1.54, 1.807) is 53.4 Å². The van der Waals surface area contributed by atoms with Gasteiger partial charge in [0, 0.05) is 24.8 Å². The van der Waals surface area contributed by atoms with Crippen LogP contribution in [-0.2, 0) is 0 Å². The molecule has 0 aliphatic carbocycles. The van der Waals surface area contributed by atoms with Gasteiger partial charge in [-0.25, -0.2) is 0 Å². The fourth-order valence-electron chi connectivity index (χ4n) is 3.04. The highest BCUT2D eigenvalue weighted by Crippen LogP contribution is 2.43. The van der Waals surface area contributed by atoms with E-state index in [0.717, 1.165) is 21.0 Å². The number of methoxy groups -OCH3 is 3. The largest absolute Gasteiger partial charge is 0.753 e. The van der Waals surface area contributed by atoms with E-state index < -0.39 is 5.66 Å². The highest BCUT2D eigenvalue weighted by Gasteiger charge is 2.47. The maximum Gasteiger partial charge on any atom is 0.281 e. The van der Waals surface area contributed by atoms with Crippen LogP contribution in [0.4, 0.5) is 11.4 Å². The number of benzene rings is 2. The van der Waals surface area contributed by atoms with E-state index in [1.165, 1.54) is 0 Å². The van der Waals surface area contributed by atoms with Gasteiger partial charge >= 0.3 is 0 Å². The fourth-order valence-corrected chi connectivity index (χ4v) is 3.04. The molecule has 0 fully saturated rings. The average Bonchev–Trinajstić information content (AvgIpc) is 2.85. The molecule has 27 heavy (non-hydrogen) atoms. The van der Waals surface area contributed by atoms with E-state index in [-0.39, 0.29) is 0 Å². The van der Waals surface area contributed by atoms with Crippen molar-refractivity contribution in [1.29, 1.82) is 0 Å². The number of nitrogens with zero attached hydrogens (tertiary/aromatic N) is 2. The molecule has 0 saturated carbocycles. The van der Waals surface area contributed by atoms with Gasteiger partial charge in [-0.1, -0.05) is 12.2 Å². The monoisotopic (exact) mass is 370 g/mol. The Hall–Kier alpha value is -3.06. The molecule has 0 saturated heterocycles. The summed E-state index contributed by atoms with van der Waals surface area (Å²) >= 11 is 0. The van der Waals surface area contributed by atoms with Crippen molar-refractivity contribution >= 4 is 23.5 Å². The second kappa shape index (κ2) is 6.92. The lowest BCUT2D eigenvalue weighted by atomic mass is 10.1. The van der Waals surface area contributed by atoms with Crippen molar-refractivity contribution in [3.05, 3.63) is 51.6 Å². The zero-order valence-corrected chi connectivity index (χ0v) is 16.0. The highest BCUT2D eigenvalue weighted by atomic mass is 16.5. The highest BCUT2D eigenvalue weighted by molar-refractivity contribution is 5.77. The van der Waals surface area contributed by atoms with E-state index in [9.17, 15) is 10.1 Å². The second-order valence-electron chi connectivity index (χ2n) is 6.62. The lowest BCUT2D eigenvalue weighted by Gasteiger charge is -2.30. The zero-order valence-electron chi connectivity index (χ0n) is 16.0. The molecule has 2 aromatic rings. The number of hydrogen-bond acceptors (Lipinski definition) is 6. The number of rotatable bonds is 5. The van der Waals surface area contributed by atoms with Crippen LogP contribution < -0.4 is 19.3 Å². The lowest BCUT2D eigenvalue weighted by Crippen LogP contribution is -2.41. The third-order valence-corrected chi connectivity index (χ3v) is 4.59. The van der Waals surface area contributed by atoms with E-state index in [4.69, 9.17) is 14.2 Å². The topological polar surface area (TPSA) is 74.1 Å². The molecular weight excluding hydrogens is 348 g/mol. The molecule has 2 aromatic carbocycles. The summed E-state index contributed by atoms with van der Waals surface area (Å²) in [4.78, 5) is 12.2. The van der Waals surface area contributed by atoms with Gasteiger partial charge < -0.3 is 24.5 Å². The van der Waals surface area contributed by atoms with Crippen molar-refractivity contribution in [1.82, 2.24) is 0 Å². The first-order valence-electron chi connectivity index (χ1n) is 8.40. The van der Waals surface area contributed by atoms with Crippen molar-refractivity contribution in [2.75, 3.05) is 26.4 Å². The standard InChI is InChI=1S/C20H22N2O5/c1-20(2)21(23)15-9-8-13(10-16(15)22(20)24)6-7-14-11-17(25-3)19(27-5)18(12-14)26-4/h6-12H,1-5H3/b7-6+. The Labute approximate surface area is 157 Å². The van der Waals surface area contributed by atoms with Crippen LogP contribution in [0.1, 0.15) is 25.0 Å². The van der Waals surface area contributed by atoms with Crippen molar-refractivity contribution in [2.24, 2.45) is 0 Å². The maximum absolute atomic E-state index is 12.4. The van der Waals surface area contributed by atoms with E-state index in [0.29, 0.717) is 28.6 Å². The van der Waals surface area contributed by atoms with E-state index in [1.807, 2.05) is 24.3 Å². The quantitative estimate of drug-likeness (QED) is 0.575. The Bertz CT molecular complexity index is 896. The predicted molar refractivity (Wildman–Crippen MR) is 105 cm³/mol. The minimum absolute atomic E-state index is 0.363. The Kier molecular flexibility index (Phi) is 4.80. The summed E-state index contributed by atoms with van der Waals surface area (Å²) in [5.74, 6) is 1.63. The van der Waals surface area contributed by atoms with Gasteiger partial charge in [-0.05, 0) is 35.4 Å². The molecule has 0 aromatic heterocycles. The van der Waals surface area contributed by atoms with Crippen LogP contribution in [0.25, 0.3) is 12.2 Å². The molecule has 0 bridgehead atoms. The Morgan fingerprint density at radius 1 is 0.963 bits per heavy atom. The van der Waals surface area contributed by atoms with E-state index >= 15 is 0 Å². The molecule has 0 atom stereocenters. The molecule has 3 rings (SSSR count). The molecule has 0 unspecified atom stereocenters. The maximum atomic E-state index is 12.4. The van der Waals surface area contributed by atoms with Gasteiger partial charge in [0.15, 0.2) is 11.5 Å². The van der Waals surface area contributed by atoms with Crippen molar-refractivity contribution in [3.63, 3.8) is 0 Å². The van der Waals surface area contributed by atoms with Crippen LogP contribution in [-0.4, -0.2) is 31.8 Å². The summed E-state index contributed by atoms with van der Waals surface area (Å²) in [6.45, 7) is 3.19. The number of ether oxygens (including phenoxy) is 3. The smallest absolute Gasteiger partial charge is 0.281 e. The minimum atomic E-state index is -1.15. The van der Waals surface area contributed by atoms with Crippen LogP contribution in [0.15, 0.2) is 30.3 Å². The molecule has 0 radical (unpaired) electrons. The normalized spacial score (nSPS) is 15.2. The van der Waals surface area contributed by atoms with Crippen molar-refractivity contribution < 1.29 is 19.0 Å². The van der Waals surface area contributed by atoms with Gasteiger partial charge in [0.1, 0.15) is 5.69 Å². The number of anilines is 1. The molecule has 0 amide bonds. The average molecular weight is 370 g/mol. The van der Waals surface area contributed by atoms with Crippen LogP contribution >= 0.6 is 0 Å². The lowest BCUT2D eigenvalue weighted by molar-refractivity contribution is -0.532. The van der Waals surface area contributed by atoms with Gasteiger partial charge in [-0.15, -0.1) is 0 Å². The van der Waals surface area contributed by atoms with Crippen molar-refractivity contribution in [2.45, 2.75) is 19.5 Å². The van der Waals surface area contributed by atoms with Gasteiger partial charge in [0.05, 0.1) is 26.1 Å². The number of fused-ring (bicyclic) bond motifs is 1. The number of hydrogen-bond donors (Lipinski definition) is 0. The van der Waals surface area contributed by atoms with Crippen LogP contribution in [0.3, 0.4) is 0 Å². The van der Waals surface area contributed by atoms with Crippen molar-refractivity contribution in [3.8, 4) is 17.2 Å². The second-order valence-corrected chi connectivity index (χ2v) is 6.62. The first-order valence-corrected chi connectivity index (χ1v) is 8.40. The molecule has 1 heterocycles. The first-order chi connectivity index (χ1) is 12.8. The Balaban J connectivity index is 1.95. The van der Waals surface area contributed by atoms with E-state index in [2.05, 4.69) is 0 Å². The summed E-state index contributed by atoms with van der Waals surface area (Å²) in [7, 11) is 4.67. The van der Waals surface area contributed by atoms with Crippen LogP contribution in [0, 0.1) is 10.1 Å². The molecule has 0 N–H and O–H groups in total. The Morgan fingerprint density at radius 3 is 2.11 bits per heavy atom. The SMILES string of the molecule is COc1cc(/C=C/c2ccc3c(c2)N([O-])C(C)(C)[N+]3=O)cc(OC)c1OC. The third kappa shape index (κ3) is 3.10. The molecule has 7 nitrogen and oxygen atoms in total. The van der Waals surface area contributed by atoms with Crippen LogP contribution in [0.5, 0.6) is 17.2 Å².